The van der Waals surface area contributed by atoms with Crippen LogP contribution in [0, 0.1) is 6.92 Å². The van der Waals surface area contributed by atoms with Crippen LogP contribution in [0.15, 0.2) is 72.8 Å². The molecule has 4 nitrogen and oxygen atoms in total. The summed E-state index contributed by atoms with van der Waals surface area (Å²) in [5.74, 6) is 0.0811. The summed E-state index contributed by atoms with van der Waals surface area (Å²) in [5.41, 5.74) is 5.12. The zero-order valence-corrected chi connectivity index (χ0v) is 17.8. The first-order valence-corrected chi connectivity index (χ1v) is 10.6. The van der Waals surface area contributed by atoms with Crippen molar-refractivity contribution in [3.05, 3.63) is 101 Å². The van der Waals surface area contributed by atoms with Gasteiger partial charge in [-0.05, 0) is 49.2 Å². The van der Waals surface area contributed by atoms with E-state index in [0.29, 0.717) is 6.54 Å². The van der Waals surface area contributed by atoms with Gasteiger partial charge in [0, 0.05) is 25.1 Å². The lowest BCUT2D eigenvalue weighted by Crippen LogP contribution is -2.58. The number of benzene rings is 2. The molecule has 0 aliphatic heterocycles. The van der Waals surface area contributed by atoms with Crippen molar-refractivity contribution in [2.45, 2.75) is 38.3 Å². The number of likely N-dealkylation sites (N-methyl/N-ethyl adjacent to an activating group) is 1. The Kier molecular flexibility index (Phi) is 5.96. The van der Waals surface area contributed by atoms with Gasteiger partial charge in [-0.15, -0.1) is 0 Å². The van der Waals surface area contributed by atoms with E-state index in [-0.39, 0.29) is 5.91 Å². The Balaban J connectivity index is 1.52. The summed E-state index contributed by atoms with van der Waals surface area (Å²) in [4.78, 5) is 20.3. The first kappa shape index (κ1) is 20.3. The number of aromatic nitrogens is 1. The summed E-state index contributed by atoms with van der Waals surface area (Å²) in [6.07, 6.45) is 2.39. The van der Waals surface area contributed by atoms with Crippen LogP contribution in [0.25, 0.3) is 0 Å². The Hall–Kier alpha value is -2.98. The van der Waals surface area contributed by atoms with Gasteiger partial charge in [-0.2, -0.15) is 0 Å². The summed E-state index contributed by atoms with van der Waals surface area (Å²) in [5, 5.41) is 3.18. The molecule has 3 aromatic rings. The van der Waals surface area contributed by atoms with Crippen LogP contribution < -0.4 is 5.32 Å². The van der Waals surface area contributed by atoms with E-state index in [0.717, 1.165) is 37.2 Å². The molecule has 1 heterocycles. The Morgan fingerprint density at radius 3 is 2.30 bits per heavy atom. The van der Waals surface area contributed by atoms with E-state index in [2.05, 4.69) is 70.8 Å². The van der Waals surface area contributed by atoms with Gasteiger partial charge in [0.05, 0.1) is 12.2 Å². The highest BCUT2D eigenvalue weighted by atomic mass is 16.2. The van der Waals surface area contributed by atoms with Crippen LogP contribution in [0.2, 0.25) is 0 Å². The van der Waals surface area contributed by atoms with Crippen molar-refractivity contribution in [2.75, 3.05) is 13.6 Å². The molecule has 0 spiro atoms. The highest BCUT2D eigenvalue weighted by Gasteiger charge is 2.46. The molecule has 1 N–H and O–H groups in total. The van der Waals surface area contributed by atoms with Crippen LogP contribution in [-0.2, 0) is 30.6 Å². The minimum Gasteiger partial charge on any atom is -0.349 e. The maximum Gasteiger partial charge on any atom is 0.241 e. The second-order valence-corrected chi connectivity index (χ2v) is 8.26. The second-order valence-electron chi connectivity index (χ2n) is 8.26. The molecular weight excluding hydrogens is 370 g/mol. The van der Waals surface area contributed by atoms with E-state index in [4.69, 9.17) is 0 Å². The van der Waals surface area contributed by atoms with E-state index < -0.39 is 5.54 Å². The molecule has 0 saturated carbocycles. The minimum atomic E-state index is -0.567. The lowest BCUT2D eigenvalue weighted by molar-refractivity contribution is -0.132. The van der Waals surface area contributed by atoms with Crippen LogP contribution in [0.4, 0.5) is 0 Å². The fourth-order valence-corrected chi connectivity index (χ4v) is 4.39. The highest BCUT2D eigenvalue weighted by Crippen LogP contribution is 2.34. The topological polar surface area (TPSA) is 45.2 Å². The lowest BCUT2D eigenvalue weighted by atomic mass is 9.91. The van der Waals surface area contributed by atoms with Crippen LogP contribution in [-0.4, -0.2) is 34.9 Å². The van der Waals surface area contributed by atoms with Gasteiger partial charge in [0.1, 0.15) is 5.54 Å². The van der Waals surface area contributed by atoms with Gasteiger partial charge in [0.25, 0.3) is 0 Å². The van der Waals surface area contributed by atoms with Gasteiger partial charge in [-0.3, -0.25) is 14.7 Å². The third kappa shape index (κ3) is 4.29. The Morgan fingerprint density at radius 2 is 1.63 bits per heavy atom. The largest absolute Gasteiger partial charge is 0.349 e. The van der Waals surface area contributed by atoms with Crippen LogP contribution in [0.5, 0.6) is 0 Å². The van der Waals surface area contributed by atoms with Crippen molar-refractivity contribution >= 4 is 5.91 Å². The zero-order valence-electron chi connectivity index (χ0n) is 17.8. The zero-order chi connectivity index (χ0) is 21.0. The predicted octanol–water partition coefficient (Wildman–Crippen LogP) is 3.72. The predicted molar refractivity (Wildman–Crippen MR) is 120 cm³/mol. The monoisotopic (exact) mass is 399 g/mol. The average Bonchev–Trinajstić information content (AvgIpc) is 3.17. The lowest BCUT2D eigenvalue weighted by Gasteiger charge is -2.37. The molecular formula is C26H29N3O. The molecule has 1 aliphatic rings. The molecule has 2 aromatic carbocycles. The number of carbonyl (C=O) groups is 1. The first-order valence-electron chi connectivity index (χ1n) is 10.6. The van der Waals surface area contributed by atoms with Crippen LogP contribution in [0.1, 0.15) is 28.1 Å². The highest BCUT2D eigenvalue weighted by molar-refractivity contribution is 5.88. The molecule has 4 heteroatoms. The summed E-state index contributed by atoms with van der Waals surface area (Å²) in [6, 6.07) is 24.8. The number of hydrogen-bond acceptors (Lipinski definition) is 3. The summed E-state index contributed by atoms with van der Waals surface area (Å²) in [7, 11) is 2.08. The first-order chi connectivity index (χ1) is 14.6. The number of nitrogens with zero attached hydrogens (tertiary/aromatic N) is 2. The molecule has 4 rings (SSSR count). The van der Waals surface area contributed by atoms with Gasteiger partial charge in [-0.25, -0.2) is 0 Å². The summed E-state index contributed by atoms with van der Waals surface area (Å²) >= 11 is 0. The van der Waals surface area contributed by atoms with Crippen molar-refractivity contribution < 1.29 is 4.79 Å². The van der Waals surface area contributed by atoms with Crippen molar-refractivity contribution in [1.82, 2.24) is 15.2 Å². The van der Waals surface area contributed by atoms with Gasteiger partial charge in [-0.1, -0.05) is 60.7 Å². The number of nitrogens with one attached hydrogen (secondary N) is 1. The molecule has 1 aliphatic carbocycles. The molecule has 0 bridgehead atoms. The number of amides is 1. The Morgan fingerprint density at radius 1 is 0.967 bits per heavy atom. The van der Waals surface area contributed by atoms with Crippen molar-refractivity contribution in [1.29, 1.82) is 0 Å². The van der Waals surface area contributed by atoms with Gasteiger partial charge in [0.2, 0.25) is 5.91 Å². The maximum absolute atomic E-state index is 13.6. The quantitative estimate of drug-likeness (QED) is 0.659. The molecule has 0 saturated heterocycles. The molecule has 1 aromatic heterocycles. The third-order valence-electron chi connectivity index (χ3n) is 6.19. The van der Waals surface area contributed by atoms with Crippen molar-refractivity contribution in [3.8, 4) is 0 Å². The number of fused-ring (bicyclic) bond motifs is 1. The molecule has 0 atom stereocenters. The minimum absolute atomic E-state index is 0.0811. The summed E-state index contributed by atoms with van der Waals surface area (Å²) in [6.45, 7) is 3.25. The fraction of sp³-hybridized carbons (Fsp3) is 0.308. The number of hydrogen-bond donors (Lipinski definition) is 1. The van der Waals surface area contributed by atoms with Gasteiger partial charge >= 0.3 is 0 Å². The molecule has 154 valence electrons. The molecule has 1 amide bonds. The average molecular weight is 400 g/mol. The fourth-order valence-electron chi connectivity index (χ4n) is 4.39. The maximum atomic E-state index is 13.6. The van der Waals surface area contributed by atoms with Crippen molar-refractivity contribution in [2.24, 2.45) is 0 Å². The number of rotatable bonds is 7. The summed E-state index contributed by atoms with van der Waals surface area (Å²) < 4.78 is 0. The number of carbonyl (C=O) groups excluding carboxylic acids is 1. The van der Waals surface area contributed by atoms with Crippen LogP contribution >= 0.6 is 0 Å². The van der Waals surface area contributed by atoms with E-state index in [1.807, 2.05) is 31.2 Å². The Labute approximate surface area is 179 Å². The molecule has 0 fully saturated rings. The number of aryl methyl sites for hydroxylation is 1. The smallest absolute Gasteiger partial charge is 0.241 e. The van der Waals surface area contributed by atoms with E-state index in [1.165, 1.54) is 16.7 Å². The van der Waals surface area contributed by atoms with Gasteiger partial charge in [0.15, 0.2) is 0 Å². The Bertz CT molecular complexity index is 991. The second kappa shape index (κ2) is 8.80. The van der Waals surface area contributed by atoms with E-state index in [1.54, 1.807) is 0 Å². The van der Waals surface area contributed by atoms with Crippen LogP contribution in [0.3, 0.4) is 0 Å². The number of pyridine rings is 1. The van der Waals surface area contributed by atoms with Gasteiger partial charge < -0.3 is 5.32 Å². The van der Waals surface area contributed by atoms with Crippen molar-refractivity contribution in [3.63, 3.8) is 0 Å². The molecule has 30 heavy (non-hydrogen) atoms. The third-order valence-corrected chi connectivity index (χ3v) is 6.19. The molecule has 0 unspecified atom stereocenters. The standard InChI is InChI=1S/C26H29N3O/c1-20-9-8-14-24(28-20)19-27-25(30)26(17-22-12-6-7-13-23(22)18-26)29(2)16-15-21-10-4-3-5-11-21/h3-14H,15-19H2,1-2H3,(H,27,30). The normalized spacial score (nSPS) is 14.5. The van der Waals surface area contributed by atoms with E-state index >= 15 is 0 Å². The van der Waals surface area contributed by atoms with E-state index in [9.17, 15) is 4.79 Å². The molecule has 0 radical (unpaired) electrons. The SMILES string of the molecule is Cc1cccc(CNC(=O)C2(N(C)CCc3ccccc3)Cc3ccccc3C2)n1.